The Morgan fingerprint density at radius 3 is 2.72 bits per heavy atom. The molecule has 2 heterocycles. The van der Waals surface area contributed by atoms with Crippen molar-refractivity contribution in [1.29, 1.82) is 0 Å². The SMILES string of the molecule is Cc1cccc(C2(Nc3nc(Cl)c4n(c3=O)[C@H](C(=O)OCc3ccccc3)CC4)CC2)c1. The molecule has 1 atom stereocenters. The molecule has 0 bridgehead atoms. The number of nitrogens with zero attached hydrogens (tertiary/aromatic N) is 2. The van der Waals surface area contributed by atoms with Crippen LogP contribution in [0.4, 0.5) is 5.82 Å². The van der Waals surface area contributed by atoms with Crippen molar-refractivity contribution >= 4 is 23.4 Å². The molecule has 164 valence electrons. The van der Waals surface area contributed by atoms with Crippen molar-refractivity contribution in [1.82, 2.24) is 9.55 Å². The van der Waals surface area contributed by atoms with Gasteiger partial charge in [-0.3, -0.25) is 9.36 Å². The fourth-order valence-corrected chi connectivity index (χ4v) is 4.68. The van der Waals surface area contributed by atoms with Gasteiger partial charge in [-0.25, -0.2) is 9.78 Å². The minimum atomic E-state index is -0.698. The summed E-state index contributed by atoms with van der Waals surface area (Å²) in [6.45, 7) is 2.21. The fourth-order valence-electron chi connectivity index (χ4n) is 4.41. The summed E-state index contributed by atoms with van der Waals surface area (Å²) in [4.78, 5) is 30.6. The first kappa shape index (κ1) is 20.8. The number of benzene rings is 2. The second-order valence-corrected chi connectivity index (χ2v) is 8.96. The first-order valence-electron chi connectivity index (χ1n) is 10.8. The van der Waals surface area contributed by atoms with Gasteiger partial charge < -0.3 is 10.1 Å². The third kappa shape index (κ3) is 3.79. The van der Waals surface area contributed by atoms with Crippen LogP contribution in [-0.2, 0) is 28.1 Å². The van der Waals surface area contributed by atoms with Gasteiger partial charge >= 0.3 is 5.97 Å². The van der Waals surface area contributed by atoms with E-state index in [0.717, 1.165) is 29.5 Å². The molecule has 3 aromatic rings. The van der Waals surface area contributed by atoms with Crippen LogP contribution in [0.5, 0.6) is 0 Å². The van der Waals surface area contributed by atoms with Gasteiger partial charge in [0.15, 0.2) is 11.0 Å². The number of nitrogens with one attached hydrogen (secondary N) is 1. The van der Waals surface area contributed by atoms with Crippen LogP contribution >= 0.6 is 11.6 Å². The van der Waals surface area contributed by atoms with Gasteiger partial charge in [0.05, 0.1) is 11.2 Å². The van der Waals surface area contributed by atoms with Crippen LogP contribution in [0.15, 0.2) is 59.4 Å². The van der Waals surface area contributed by atoms with Crippen molar-refractivity contribution in [2.75, 3.05) is 5.32 Å². The van der Waals surface area contributed by atoms with Crippen LogP contribution in [0, 0.1) is 6.92 Å². The maximum absolute atomic E-state index is 13.4. The average molecular weight is 450 g/mol. The van der Waals surface area contributed by atoms with Crippen molar-refractivity contribution in [2.45, 2.75) is 50.8 Å². The number of esters is 1. The van der Waals surface area contributed by atoms with Crippen molar-refractivity contribution in [3.05, 3.63) is 92.5 Å². The van der Waals surface area contributed by atoms with E-state index >= 15 is 0 Å². The molecular weight excluding hydrogens is 426 g/mol. The molecule has 0 radical (unpaired) electrons. The van der Waals surface area contributed by atoms with Gasteiger partial charge in [0.25, 0.3) is 5.56 Å². The minimum absolute atomic E-state index is 0.167. The molecule has 5 rings (SSSR count). The zero-order valence-electron chi connectivity index (χ0n) is 17.8. The minimum Gasteiger partial charge on any atom is -0.459 e. The van der Waals surface area contributed by atoms with Crippen molar-refractivity contribution < 1.29 is 9.53 Å². The zero-order valence-corrected chi connectivity index (χ0v) is 18.6. The highest BCUT2D eigenvalue weighted by Crippen LogP contribution is 2.48. The number of ether oxygens (including phenoxy) is 1. The fraction of sp³-hybridized carbons (Fsp3) is 0.320. The van der Waals surface area contributed by atoms with Crippen molar-refractivity contribution in [3.63, 3.8) is 0 Å². The normalized spacial score (nSPS) is 18.1. The number of anilines is 1. The molecular formula is C25H24ClN3O3. The van der Waals surface area contributed by atoms with Crippen LogP contribution in [0.25, 0.3) is 0 Å². The number of hydrogen-bond donors (Lipinski definition) is 1. The van der Waals surface area contributed by atoms with E-state index in [0.29, 0.717) is 18.5 Å². The monoisotopic (exact) mass is 449 g/mol. The van der Waals surface area contributed by atoms with Crippen molar-refractivity contribution in [2.24, 2.45) is 0 Å². The summed E-state index contributed by atoms with van der Waals surface area (Å²) < 4.78 is 6.99. The number of aryl methyl sites for hydroxylation is 1. The number of rotatable bonds is 6. The highest BCUT2D eigenvalue weighted by Gasteiger charge is 2.46. The first-order valence-corrected chi connectivity index (χ1v) is 11.2. The van der Waals surface area contributed by atoms with E-state index in [2.05, 4.69) is 22.4 Å². The summed E-state index contributed by atoms with van der Waals surface area (Å²) in [5, 5.41) is 3.60. The molecule has 1 aromatic heterocycles. The molecule has 0 amide bonds. The van der Waals surface area contributed by atoms with Crippen LogP contribution in [0.2, 0.25) is 5.15 Å². The summed E-state index contributed by atoms with van der Waals surface area (Å²) in [7, 11) is 0. The average Bonchev–Trinajstić information content (AvgIpc) is 3.44. The number of aromatic nitrogens is 2. The highest BCUT2D eigenvalue weighted by molar-refractivity contribution is 6.30. The van der Waals surface area contributed by atoms with Crippen LogP contribution in [0.1, 0.15) is 47.7 Å². The van der Waals surface area contributed by atoms with Gasteiger partial charge in [0, 0.05) is 0 Å². The Labute approximate surface area is 191 Å². The number of halogens is 1. The van der Waals surface area contributed by atoms with Crippen LogP contribution in [-0.4, -0.2) is 15.5 Å². The highest BCUT2D eigenvalue weighted by atomic mass is 35.5. The quantitative estimate of drug-likeness (QED) is 0.559. The van der Waals surface area contributed by atoms with E-state index in [-0.39, 0.29) is 28.7 Å². The first-order chi connectivity index (χ1) is 15.5. The topological polar surface area (TPSA) is 73.2 Å². The van der Waals surface area contributed by atoms with Crippen LogP contribution < -0.4 is 10.9 Å². The molecule has 32 heavy (non-hydrogen) atoms. The van der Waals surface area contributed by atoms with Gasteiger partial charge in [-0.2, -0.15) is 0 Å². The number of fused-ring (bicyclic) bond motifs is 1. The molecule has 1 aliphatic carbocycles. The summed E-state index contributed by atoms with van der Waals surface area (Å²) in [6.07, 6.45) is 2.78. The molecule has 1 aliphatic heterocycles. The summed E-state index contributed by atoms with van der Waals surface area (Å²) >= 11 is 6.45. The van der Waals surface area contributed by atoms with Gasteiger partial charge in [0.1, 0.15) is 12.6 Å². The third-order valence-corrected chi connectivity index (χ3v) is 6.60. The lowest BCUT2D eigenvalue weighted by molar-refractivity contribution is -0.148. The number of carbonyl (C=O) groups is 1. The van der Waals surface area contributed by atoms with E-state index in [1.807, 2.05) is 49.4 Å². The molecule has 1 saturated carbocycles. The Hall–Kier alpha value is -3.12. The summed E-state index contributed by atoms with van der Waals surface area (Å²) in [6, 6.07) is 17.0. The predicted octanol–water partition coefficient (Wildman–Crippen LogP) is 4.54. The van der Waals surface area contributed by atoms with E-state index in [9.17, 15) is 9.59 Å². The Kier molecular flexibility index (Phi) is 5.25. The van der Waals surface area contributed by atoms with Gasteiger partial charge in [-0.1, -0.05) is 71.8 Å². The summed E-state index contributed by atoms with van der Waals surface area (Å²) in [5.41, 5.74) is 3.12. The molecule has 0 unspecified atom stereocenters. The molecule has 2 aliphatic rings. The van der Waals surface area contributed by atoms with E-state index in [4.69, 9.17) is 16.3 Å². The molecule has 7 heteroatoms. The Morgan fingerprint density at radius 1 is 1.22 bits per heavy atom. The standard InChI is InChI=1S/C25H24ClN3O3/c1-16-6-5-9-18(14-16)25(12-13-25)28-22-23(30)29-19(21(26)27-22)10-11-20(29)24(31)32-15-17-7-3-2-4-8-17/h2-9,14,20H,10-13,15H2,1H3,(H,27,28)/t20-/m0/s1. The van der Waals surface area contributed by atoms with E-state index in [1.54, 1.807) is 0 Å². The Bertz CT molecular complexity index is 1230. The van der Waals surface area contributed by atoms with Crippen molar-refractivity contribution in [3.8, 4) is 0 Å². The van der Waals surface area contributed by atoms with E-state index in [1.165, 1.54) is 4.57 Å². The van der Waals surface area contributed by atoms with Gasteiger partial charge in [0.2, 0.25) is 0 Å². The molecule has 1 N–H and O–H groups in total. The van der Waals surface area contributed by atoms with Gasteiger partial charge in [-0.15, -0.1) is 0 Å². The second-order valence-electron chi connectivity index (χ2n) is 8.60. The molecule has 1 fully saturated rings. The Balaban J connectivity index is 1.41. The molecule has 2 aromatic carbocycles. The second kappa shape index (κ2) is 8.10. The molecule has 0 saturated heterocycles. The summed E-state index contributed by atoms with van der Waals surface area (Å²) in [5.74, 6) is -0.247. The zero-order chi connectivity index (χ0) is 22.3. The van der Waals surface area contributed by atoms with Gasteiger partial charge in [-0.05, 0) is 43.7 Å². The lowest BCUT2D eigenvalue weighted by Crippen LogP contribution is -2.34. The third-order valence-electron chi connectivity index (χ3n) is 6.30. The number of carbonyl (C=O) groups excluding carboxylic acids is 1. The van der Waals surface area contributed by atoms with Crippen LogP contribution in [0.3, 0.4) is 0 Å². The lowest BCUT2D eigenvalue weighted by Gasteiger charge is -2.21. The molecule has 6 nitrogen and oxygen atoms in total. The smallest absolute Gasteiger partial charge is 0.329 e. The predicted molar refractivity (Wildman–Crippen MR) is 123 cm³/mol. The molecule has 0 spiro atoms. The van der Waals surface area contributed by atoms with E-state index < -0.39 is 12.0 Å². The Morgan fingerprint density at radius 2 is 2.00 bits per heavy atom. The maximum atomic E-state index is 13.4. The number of hydrogen-bond acceptors (Lipinski definition) is 5. The lowest BCUT2D eigenvalue weighted by atomic mass is 10.0. The largest absolute Gasteiger partial charge is 0.459 e. The maximum Gasteiger partial charge on any atom is 0.329 e.